The van der Waals surface area contributed by atoms with Gasteiger partial charge in [0.2, 0.25) is 0 Å². The summed E-state index contributed by atoms with van der Waals surface area (Å²) in [6.07, 6.45) is 3.50. The minimum absolute atomic E-state index is 0.189. The number of benzene rings is 1. The Hall–Kier alpha value is -1.55. The van der Waals surface area contributed by atoms with Gasteiger partial charge in [0.1, 0.15) is 0 Å². The maximum Gasteiger partial charge on any atom is 0.304 e. The Bertz CT molecular complexity index is 418. The summed E-state index contributed by atoms with van der Waals surface area (Å²) < 4.78 is 0. The van der Waals surface area contributed by atoms with Gasteiger partial charge in [0.05, 0.1) is 6.42 Å². The van der Waals surface area contributed by atoms with Crippen LogP contribution >= 0.6 is 0 Å². The highest BCUT2D eigenvalue weighted by molar-refractivity contribution is 5.66. The van der Waals surface area contributed by atoms with E-state index in [0.29, 0.717) is 6.54 Å². The zero-order valence-electron chi connectivity index (χ0n) is 10.5. The van der Waals surface area contributed by atoms with Crippen molar-refractivity contribution in [2.24, 2.45) is 0 Å². The van der Waals surface area contributed by atoms with Crippen LogP contribution in [-0.2, 0) is 17.6 Å². The first-order valence-electron chi connectivity index (χ1n) is 6.54. The third kappa shape index (κ3) is 3.74. The van der Waals surface area contributed by atoms with Crippen LogP contribution in [0.2, 0.25) is 0 Å². The number of fused-ring (bicyclic) bond motifs is 1. The summed E-state index contributed by atoms with van der Waals surface area (Å²) in [5, 5.41) is 15.1. The van der Waals surface area contributed by atoms with Crippen molar-refractivity contribution in [2.45, 2.75) is 25.7 Å². The summed E-state index contributed by atoms with van der Waals surface area (Å²) in [6.45, 7) is 2.45. The molecule has 3 N–H and O–H groups in total. The molecule has 98 valence electrons. The van der Waals surface area contributed by atoms with Crippen molar-refractivity contribution < 1.29 is 9.90 Å². The van der Waals surface area contributed by atoms with Crippen LogP contribution in [-0.4, -0.2) is 30.7 Å². The molecule has 0 spiro atoms. The van der Waals surface area contributed by atoms with E-state index >= 15 is 0 Å². The van der Waals surface area contributed by atoms with Crippen molar-refractivity contribution >= 4 is 11.7 Å². The Morgan fingerprint density at radius 2 is 2.28 bits per heavy atom. The van der Waals surface area contributed by atoms with Crippen molar-refractivity contribution in [1.29, 1.82) is 0 Å². The SMILES string of the molecule is O=C(O)CCNCCc1ccc2c(c1)CCCN2. The van der Waals surface area contributed by atoms with Gasteiger partial charge in [-0.15, -0.1) is 0 Å². The highest BCUT2D eigenvalue weighted by atomic mass is 16.4. The summed E-state index contributed by atoms with van der Waals surface area (Å²) in [6, 6.07) is 6.57. The Morgan fingerprint density at radius 1 is 1.39 bits per heavy atom. The molecule has 1 aromatic carbocycles. The molecule has 0 bridgehead atoms. The zero-order valence-corrected chi connectivity index (χ0v) is 10.5. The topological polar surface area (TPSA) is 61.4 Å². The molecule has 0 aromatic heterocycles. The molecule has 0 saturated heterocycles. The van der Waals surface area contributed by atoms with Gasteiger partial charge in [-0.25, -0.2) is 0 Å². The first kappa shape index (κ1) is 12.9. The zero-order chi connectivity index (χ0) is 12.8. The fourth-order valence-corrected chi connectivity index (χ4v) is 2.24. The van der Waals surface area contributed by atoms with Crippen LogP contribution in [0.25, 0.3) is 0 Å². The van der Waals surface area contributed by atoms with E-state index in [1.165, 1.54) is 23.2 Å². The van der Waals surface area contributed by atoms with E-state index in [0.717, 1.165) is 25.9 Å². The summed E-state index contributed by atoms with van der Waals surface area (Å²) in [5.74, 6) is -0.748. The lowest BCUT2D eigenvalue weighted by molar-refractivity contribution is -0.136. The number of aliphatic carboxylic acids is 1. The van der Waals surface area contributed by atoms with E-state index in [4.69, 9.17) is 5.11 Å². The average molecular weight is 248 g/mol. The second-order valence-electron chi connectivity index (χ2n) is 4.67. The summed E-state index contributed by atoms with van der Waals surface area (Å²) >= 11 is 0. The van der Waals surface area contributed by atoms with E-state index < -0.39 is 5.97 Å². The second-order valence-corrected chi connectivity index (χ2v) is 4.67. The van der Waals surface area contributed by atoms with Crippen LogP contribution < -0.4 is 10.6 Å². The molecule has 0 aliphatic carbocycles. The number of hydrogen-bond acceptors (Lipinski definition) is 3. The number of anilines is 1. The maximum atomic E-state index is 10.3. The van der Waals surface area contributed by atoms with Crippen LogP contribution in [0.4, 0.5) is 5.69 Å². The molecule has 0 saturated carbocycles. The van der Waals surface area contributed by atoms with Crippen molar-refractivity contribution in [1.82, 2.24) is 5.32 Å². The van der Waals surface area contributed by atoms with E-state index in [-0.39, 0.29) is 6.42 Å². The summed E-state index contributed by atoms with van der Waals surface area (Å²) in [5.41, 5.74) is 3.99. The predicted molar refractivity (Wildman–Crippen MR) is 72.1 cm³/mol. The number of aryl methyl sites for hydroxylation is 1. The molecule has 0 fully saturated rings. The monoisotopic (exact) mass is 248 g/mol. The lowest BCUT2D eigenvalue weighted by Gasteiger charge is -2.18. The van der Waals surface area contributed by atoms with Crippen LogP contribution in [0.15, 0.2) is 18.2 Å². The molecular weight excluding hydrogens is 228 g/mol. The quantitative estimate of drug-likeness (QED) is 0.670. The third-order valence-electron chi connectivity index (χ3n) is 3.21. The average Bonchev–Trinajstić information content (AvgIpc) is 2.38. The van der Waals surface area contributed by atoms with Gasteiger partial charge in [-0.1, -0.05) is 12.1 Å². The minimum atomic E-state index is -0.748. The normalized spacial score (nSPS) is 13.8. The Labute approximate surface area is 107 Å². The predicted octanol–water partition coefficient (Wildman–Crippen LogP) is 1.65. The Morgan fingerprint density at radius 3 is 3.11 bits per heavy atom. The van der Waals surface area contributed by atoms with Gasteiger partial charge in [-0.05, 0) is 43.0 Å². The standard InChI is InChI=1S/C14H20N2O2/c17-14(18)6-9-15-8-5-11-3-4-13-12(10-11)2-1-7-16-13/h3-4,10,15-16H,1-2,5-9H2,(H,17,18). The molecule has 4 nitrogen and oxygen atoms in total. The molecule has 0 radical (unpaired) electrons. The van der Waals surface area contributed by atoms with E-state index in [9.17, 15) is 4.79 Å². The first-order valence-corrected chi connectivity index (χ1v) is 6.54. The van der Waals surface area contributed by atoms with Crippen molar-refractivity contribution in [2.75, 3.05) is 25.0 Å². The van der Waals surface area contributed by atoms with Gasteiger partial charge in [0, 0.05) is 18.8 Å². The highest BCUT2D eigenvalue weighted by Crippen LogP contribution is 2.22. The Kier molecular flexibility index (Phi) is 4.59. The van der Waals surface area contributed by atoms with Crippen LogP contribution in [0.5, 0.6) is 0 Å². The number of carboxylic acid groups (broad SMARTS) is 1. The molecule has 1 aromatic rings. The van der Waals surface area contributed by atoms with Gasteiger partial charge < -0.3 is 15.7 Å². The number of carbonyl (C=O) groups is 1. The number of rotatable bonds is 6. The van der Waals surface area contributed by atoms with Crippen LogP contribution in [0.3, 0.4) is 0 Å². The number of hydrogen-bond donors (Lipinski definition) is 3. The molecule has 0 amide bonds. The summed E-state index contributed by atoms with van der Waals surface area (Å²) in [4.78, 5) is 10.3. The minimum Gasteiger partial charge on any atom is -0.481 e. The molecule has 0 atom stereocenters. The third-order valence-corrected chi connectivity index (χ3v) is 3.21. The van der Waals surface area contributed by atoms with E-state index in [2.05, 4.69) is 28.8 Å². The maximum absolute atomic E-state index is 10.3. The molecule has 4 heteroatoms. The Balaban J connectivity index is 1.77. The van der Waals surface area contributed by atoms with Gasteiger partial charge >= 0.3 is 5.97 Å². The van der Waals surface area contributed by atoms with Gasteiger partial charge in [-0.3, -0.25) is 4.79 Å². The second kappa shape index (κ2) is 6.40. The molecule has 1 heterocycles. The van der Waals surface area contributed by atoms with E-state index in [1.54, 1.807) is 0 Å². The van der Waals surface area contributed by atoms with Gasteiger partial charge in [0.25, 0.3) is 0 Å². The molecular formula is C14H20N2O2. The molecule has 18 heavy (non-hydrogen) atoms. The lowest BCUT2D eigenvalue weighted by atomic mass is 9.99. The van der Waals surface area contributed by atoms with Crippen LogP contribution in [0.1, 0.15) is 24.0 Å². The smallest absolute Gasteiger partial charge is 0.304 e. The number of nitrogens with one attached hydrogen (secondary N) is 2. The van der Waals surface area contributed by atoms with Crippen molar-refractivity contribution in [3.05, 3.63) is 29.3 Å². The van der Waals surface area contributed by atoms with Crippen LogP contribution in [0, 0.1) is 0 Å². The molecule has 0 unspecified atom stereocenters. The fraction of sp³-hybridized carbons (Fsp3) is 0.500. The highest BCUT2D eigenvalue weighted by Gasteiger charge is 2.08. The van der Waals surface area contributed by atoms with Crippen molar-refractivity contribution in [3.8, 4) is 0 Å². The molecule has 2 rings (SSSR count). The van der Waals surface area contributed by atoms with Crippen molar-refractivity contribution in [3.63, 3.8) is 0 Å². The van der Waals surface area contributed by atoms with Gasteiger partial charge in [0.15, 0.2) is 0 Å². The first-order chi connectivity index (χ1) is 8.75. The number of carboxylic acids is 1. The summed E-state index contributed by atoms with van der Waals surface area (Å²) in [7, 11) is 0. The van der Waals surface area contributed by atoms with E-state index in [1.807, 2.05) is 0 Å². The molecule has 1 aliphatic rings. The molecule has 1 aliphatic heterocycles. The lowest BCUT2D eigenvalue weighted by Crippen LogP contribution is -2.21. The fourth-order valence-electron chi connectivity index (χ4n) is 2.24. The largest absolute Gasteiger partial charge is 0.481 e. The van der Waals surface area contributed by atoms with Gasteiger partial charge in [-0.2, -0.15) is 0 Å².